The average molecular weight is 308 g/mol. The van der Waals surface area contributed by atoms with E-state index in [-0.39, 0.29) is 23.8 Å². The van der Waals surface area contributed by atoms with Crippen LogP contribution in [-0.2, 0) is 10.3 Å². The number of carbonyl (C=O) groups is 1. The first-order valence-corrected chi connectivity index (χ1v) is 8.00. The molecule has 6 heteroatoms. The third-order valence-electron chi connectivity index (χ3n) is 3.91. The maximum absolute atomic E-state index is 11.7. The summed E-state index contributed by atoms with van der Waals surface area (Å²) in [6, 6.07) is 2.11. The van der Waals surface area contributed by atoms with Crippen LogP contribution in [-0.4, -0.2) is 28.0 Å². The molecule has 1 aliphatic rings. The molecule has 0 saturated heterocycles. The highest BCUT2D eigenvalue weighted by Crippen LogP contribution is 2.35. The van der Waals surface area contributed by atoms with E-state index in [1.165, 1.54) is 0 Å². The van der Waals surface area contributed by atoms with Gasteiger partial charge in [-0.15, -0.1) is 0 Å². The minimum absolute atomic E-state index is 0.0977. The highest BCUT2D eigenvalue weighted by atomic mass is 16.6. The number of nitrogens with two attached hydrogens (primary N) is 1. The largest absolute Gasteiger partial charge is 0.447 e. The summed E-state index contributed by atoms with van der Waals surface area (Å²) in [6.07, 6.45) is 2.40. The summed E-state index contributed by atoms with van der Waals surface area (Å²) in [5.41, 5.74) is 6.97. The SMILES string of the molecule is CC(C)OC(=O)NC1CCC(c2cc(N)n(C(C)(C)C)n2)C1. The second kappa shape index (κ2) is 6.18. The Balaban J connectivity index is 1.97. The van der Waals surface area contributed by atoms with Gasteiger partial charge < -0.3 is 15.8 Å². The van der Waals surface area contributed by atoms with Crippen LogP contribution in [0.3, 0.4) is 0 Å². The lowest BCUT2D eigenvalue weighted by Crippen LogP contribution is -2.34. The van der Waals surface area contributed by atoms with Gasteiger partial charge in [0.05, 0.1) is 17.3 Å². The second-order valence-corrected chi connectivity index (χ2v) is 7.38. The summed E-state index contributed by atoms with van der Waals surface area (Å²) < 4.78 is 7.00. The van der Waals surface area contributed by atoms with E-state index in [4.69, 9.17) is 10.5 Å². The molecule has 1 aromatic rings. The van der Waals surface area contributed by atoms with E-state index in [1.807, 2.05) is 24.6 Å². The Labute approximate surface area is 132 Å². The van der Waals surface area contributed by atoms with Crippen molar-refractivity contribution in [1.29, 1.82) is 0 Å². The highest BCUT2D eigenvalue weighted by Gasteiger charge is 2.30. The summed E-state index contributed by atoms with van der Waals surface area (Å²) in [5, 5.41) is 7.61. The minimum Gasteiger partial charge on any atom is -0.447 e. The molecule has 1 fully saturated rings. The molecule has 124 valence electrons. The Kier molecular flexibility index (Phi) is 4.68. The Morgan fingerprint density at radius 2 is 2.14 bits per heavy atom. The van der Waals surface area contributed by atoms with Crippen molar-refractivity contribution in [2.75, 3.05) is 5.73 Å². The van der Waals surface area contributed by atoms with Gasteiger partial charge in [-0.2, -0.15) is 5.10 Å². The second-order valence-electron chi connectivity index (χ2n) is 7.38. The van der Waals surface area contributed by atoms with E-state index in [2.05, 4.69) is 31.2 Å². The molecule has 2 unspecified atom stereocenters. The van der Waals surface area contributed by atoms with Gasteiger partial charge in [-0.3, -0.25) is 0 Å². The van der Waals surface area contributed by atoms with Crippen LogP contribution in [0.4, 0.5) is 10.6 Å². The van der Waals surface area contributed by atoms with Crippen LogP contribution in [0, 0.1) is 0 Å². The Morgan fingerprint density at radius 3 is 2.68 bits per heavy atom. The molecule has 0 spiro atoms. The molecule has 3 N–H and O–H groups in total. The molecule has 0 radical (unpaired) electrons. The number of nitrogens with zero attached hydrogens (tertiary/aromatic N) is 2. The normalized spacial score (nSPS) is 22.1. The van der Waals surface area contributed by atoms with Crippen molar-refractivity contribution in [3.05, 3.63) is 11.8 Å². The van der Waals surface area contributed by atoms with Crippen LogP contribution in [0.25, 0.3) is 0 Å². The standard InChI is InChI=1S/C16H28N4O2/c1-10(2)22-15(21)18-12-7-6-11(8-12)13-9-14(17)20(19-13)16(3,4)5/h9-12H,6-8,17H2,1-5H3,(H,18,21). The number of anilines is 1. The van der Waals surface area contributed by atoms with Gasteiger partial charge in [-0.05, 0) is 53.9 Å². The van der Waals surface area contributed by atoms with E-state index in [1.54, 1.807) is 0 Å². The molecule has 0 aromatic carbocycles. The number of amides is 1. The quantitative estimate of drug-likeness (QED) is 0.899. The van der Waals surface area contributed by atoms with E-state index < -0.39 is 0 Å². The van der Waals surface area contributed by atoms with Crippen molar-refractivity contribution >= 4 is 11.9 Å². The lowest BCUT2D eigenvalue weighted by atomic mass is 10.0. The summed E-state index contributed by atoms with van der Waals surface area (Å²) in [4.78, 5) is 11.7. The molecule has 1 aromatic heterocycles. The minimum atomic E-state index is -0.333. The van der Waals surface area contributed by atoms with E-state index >= 15 is 0 Å². The maximum Gasteiger partial charge on any atom is 0.407 e. The fraction of sp³-hybridized carbons (Fsp3) is 0.750. The van der Waals surface area contributed by atoms with Crippen molar-refractivity contribution in [3.63, 3.8) is 0 Å². The first kappa shape index (κ1) is 16.6. The maximum atomic E-state index is 11.7. The number of nitrogens with one attached hydrogen (secondary N) is 1. The van der Waals surface area contributed by atoms with E-state index in [0.717, 1.165) is 25.0 Å². The summed E-state index contributed by atoms with van der Waals surface area (Å²) >= 11 is 0. The van der Waals surface area contributed by atoms with Crippen LogP contribution in [0.1, 0.15) is 65.5 Å². The lowest BCUT2D eigenvalue weighted by molar-refractivity contribution is 0.112. The number of hydrogen-bond acceptors (Lipinski definition) is 4. The number of nitrogen functional groups attached to an aromatic ring is 1. The predicted molar refractivity (Wildman–Crippen MR) is 86.8 cm³/mol. The van der Waals surface area contributed by atoms with Gasteiger partial charge in [0.2, 0.25) is 0 Å². The molecular weight excluding hydrogens is 280 g/mol. The van der Waals surface area contributed by atoms with E-state index in [0.29, 0.717) is 11.7 Å². The molecule has 1 aliphatic carbocycles. The molecule has 1 saturated carbocycles. The van der Waals surface area contributed by atoms with Gasteiger partial charge in [0, 0.05) is 18.0 Å². The Bertz CT molecular complexity index is 531. The topological polar surface area (TPSA) is 82.2 Å². The summed E-state index contributed by atoms with van der Waals surface area (Å²) in [7, 11) is 0. The predicted octanol–water partition coefficient (Wildman–Crippen LogP) is 2.99. The van der Waals surface area contributed by atoms with Crippen molar-refractivity contribution in [1.82, 2.24) is 15.1 Å². The molecule has 22 heavy (non-hydrogen) atoms. The summed E-state index contributed by atoms with van der Waals surface area (Å²) in [5.74, 6) is 1.04. The van der Waals surface area contributed by atoms with Crippen molar-refractivity contribution in [2.24, 2.45) is 0 Å². The number of carbonyl (C=O) groups excluding carboxylic acids is 1. The molecule has 0 aliphatic heterocycles. The Morgan fingerprint density at radius 1 is 1.45 bits per heavy atom. The van der Waals surface area contributed by atoms with Crippen molar-refractivity contribution in [3.8, 4) is 0 Å². The first-order valence-electron chi connectivity index (χ1n) is 8.00. The molecule has 0 bridgehead atoms. The zero-order chi connectivity index (χ0) is 16.5. The number of aromatic nitrogens is 2. The van der Waals surface area contributed by atoms with Crippen LogP contribution in [0.15, 0.2) is 6.07 Å². The van der Waals surface area contributed by atoms with Crippen LogP contribution < -0.4 is 11.1 Å². The van der Waals surface area contributed by atoms with Gasteiger partial charge in [-0.1, -0.05) is 0 Å². The van der Waals surface area contributed by atoms with Crippen molar-refractivity contribution < 1.29 is 9.53 Å². The van der Waals surface area contributed by atoms with Crippen molar-refractivity contribution in [2.45, 2.75) is 77.5 Å². The third kappa shape index (κ3) is 3.93. The Hall–Kier alpha value is -1.72. The molecule has 6 nitrogen and oxygen atoms in total. The van der Waals surface area contributed by atoms with Crippen LogP contribution >= 0.6 is 0 Å². The number of hydrogen-bond donors (Lipinski definition) is 2. The number of alkyl carbamates (subject to hydrolysis) is 1. The fourth-order valence-corrected chi connectivity index (χ4v) is 2.95. The van der Waals surface area contributed by atoms with Gasteiger partial charge in [0.25, 0.3) is 0 Å². The van der Waals surface area contributed by atoms with Crippen LogP contribution in [0.2, 0.25) is 0 Å². The smallest absolute Gasteiger partial charge is 0.407 e. The summed E-state index contributed by atoms with van der Waals surface area (Å²) in [6.45, 7) is 9.95. The highest BCUT2D eigenvalue weighted by molar-refractivity contribution is 5.67. The van der Waals surface area contributed by atoms with Gasteiger partial charge in [0.1, 0.15) is 5.82 Å². The van der Waals surface area contributed by atoms with Gasteiger partial charge in [-0.25, -0.2) is 9.48 Å². The number of rotatable bonds is 3. The van der Waals surface area contributed by atoms with Gasteiger partial charge in [0.15, 0.2) is 0 Å². The molecule has 1 heterocycles. The van der Waals surface area contributed by atoms with Crippen LogP contribution in [0.5, 0.6) is 0 Å². The molecule has 1 amide bonds. The number of ether oxygens (including phenoxy) is 1. The first-order chi connectivity index (χ1) is 10.2. The zero-order valence-corrected chi connectivity index (χ0v) is 14.2. The lowest BCUT2D eigenvalue weighted by Gasteiger charge is -2.20. The third-order valence-corrected chi connectivity index (χ3v) is 3.91. The molecular formula is C16H28N4O2. The monoisotopic (exact) mass is 308 g/mol. The van der Waals surface area contributed by atoms with E-state index in [9.17, 15) is 4.79 Å². The molecule has 2 atom stereocenters. The zero-order valence-electron chi connectivity index (χ0n) is 14.2. The van der Waals surface area contributed by atoms with Gasteiger partial charge >= 0.3 is 6.09 Å². The average Bonchev–Trinajstić information content (AvgIpc) is 2.93. The molecule has 2 rings (SSSR count). The fourth-order valence-electron chi connectivity index (χ4n) is 2.95.